The van der Waals surface area contributed by atoms with Gasteiger partial charge in [0.25, 0.3) is 0 Å². The number of carbonyl (C=O) groups excluding carboxylic acids is 1. The van der Waals surface area contributed by atoms with Crippen molar-refractivity contribution in [2.24, 2.45) is 0 Å². The van der Waals surface area contributed by atoms with Crippen molar-refractivity contribution in [3.05, 3.63) is 42.0 Å². The van der Waals surface area contributed by atoms with E-state index in [9.17, 15) is 4.79 Å². The quantitative estimate of drug-likeness (QED) is 0.435. The van der Waals surface area contributed by atoms with Crippen LogP contribution in [0.4, 0.5) is 0 Å². The third kappa shape index (κ3) is 4.71. The molecule has 0 saturated carbocycles. The molecule has 0 spiro atoms. The first kappa shape index (κ1) is 15.8. The normalized spacial score (nSPS) is 11.7. The standard InChI is InChI=1S/C15H19BrO3/c1-4-19-15(17)11(2)9-13(10-16)12-5-7-14(18-3)8-6-12/h5-8,13H,2,4,9-10H2,1,3H3. The molecule has 0 aliphatic heterocycles. The number of alkyl halides is 1. The molecule has 0 saturated heterocycles. The van der Waals surface area contributed by atoms with Gasteiger partial charge in [0.1, 0.15) is 5.75 Å². The summed E-state index contributed by atoms with van der Waals surface area (Å²) >= 11 is 3.48. The number of hydrogen-bond donors (Lipinski definition) is 0. The molecule has 0 aliphatic rings. The van der Waals surface area contributed by atoms with E-state index >= 15 is 0 Å². The van der Waals surface area contributed by atoms with Gasteiger partial charge in [-0.1, -0.05) is 34.6 Å². The van der Waals surface area contributed by atoms with Gasteiger partial charge in [-0.15, -0.1) is 0 Å². The van der Waals surface area contributed by atoms with Crippen molar-refractivity contribution >= 4 is 21.9 Å². The van der Waals surface area contributed by atoms with Crippen LogP contribution in [0.15, 0.2) is 36.4 Å². The fourth-order valence-electron chi connectivity index (χ4n) is 1.75. The fraction of sp³-hybridized carbons (Fsp3) is 0.400. The van der Waals surface area contributed by atoms with Crippen molar-refractivity contribution in [3.8, 4) is 5.75 Å². The molecule has 19 heavy (non-hydrogen) atoms. The molecule has 1 unspecified atom stereocenters. The highest BCUT2D eigenvalue weighted by molar-refractivity contribution is 9.09. The van der Waals surface area contributed by atoms with E-state index in [4.69, 9.17) is 9.47 Å². The molecule has 0 heterocycles. The summed E-state index contributed by atoms with van der Waals surface area (Å²) in [7, 11) is 1.64. The van der Waals surface area contributed by atoms with Gasteiger partial charge in [0.2, 0.25) is 0 Å². The number of hydrogen-bond acceptors (Lipinski definition) is 3. The molecule has 104 valence electrons. The monoisotopic (exact) mass is 326 g/mol. The first-order valence-electron chi connectivity index (χ1n) is 6.17. The van der Waals surface area contributed by atoms with Crippen LogP contribution in [0.3, 0.4) is 0 Å². The van der Waals surface area contributed by atoms with Crippen LogP contribution < -0.4 is 4.74 Å². The number of carbonyl (C=O) groups is 1. The smallest absolute Gasteiger partial charge is 0.333 e. The van der Waals surface area contributed by atoms with Crippen LogP contribution in [0.25, 0.3) is 0 Å². The minimum absolute atomic E-state index is 0.197. The molecule has 0 N–H and O–H groups in total. The van der Waals surface area contributed by atoms with Crippen LogP contribution in [0.5, 0.6) is 5.75 Å². The van der Waals surface area contributed by atoms with Gasteiger partial charge in [0.05, 0.1) is 13.7 Å². The maximum absolute atomic E-state index is 11.6. The predicted molar refractivity (Wildman–Crippen MR) is 79.9 cm³/mol. The summed E-state index contributed by atoms with van der Waals surface area (Å²) in [6.45, 7) is 5.96. The van der Waals surface area contributed by atoms with Crippen LogP contribution in [-0.4, -0.2) is 25.0 Å². The lowest BCUT2D eigenvalue weighted by Crippen LogP contribution is -2.11. The van der Waals surface area contributed by atoms with E-state index in [0.29, 0.717) is 18.6 Å². The summed E-state index contributed by atoms with van der Waals surface area (Å²) in [5.74, 6) is 0.700. The Hall–Kier alpha value is -1.29. The highest BCUT2D eigenvalue weighted by Gasteiger charge is 2.16. The van der Waals surface area contributed by atoms with Gasteiger partial charge in [0.15, 0.2) is 0 Å². The summed E-state index contributed by atoms with van der Waals surface area (Å²) in [4.78, 5) is 11.6. The van der Waals surface area contributed by atoms with Crippen LogP contribution in [-0.2, 0) is 9.53 Å². The van der Waals surface area contributed by atoms with E-state index in [2.05, 4.69) is 22.5 Å². The zero-order valence-electron chi connectivity index (χ0n) is 11.3. The average Bonchev–Trinajstić information content (AvgIpc) is 2.45. The Bertz CT molecular complexity index is 426. The Labute approximate surface area is 122 Å². The van der Waals surface area contributed by atoms with Crippen LogP contribution in [0.2, 0.25) is 0 Å². The Balaban J connectivity index is 2.71. The zero-order valence-corrected chi connectivity index (χ0v) is 12.9. The minimum Gasteiger partial charge on any atom is -0.497 e. The lowest BCUT2D eigenvalue weighted by molar-refractivity contribution is -0.138. The number of halogens is 1. The lowest BCUT2D eigenvalue weighted by Gasteiger charge is -2.16. The second-order valence-corrected chi connectivity index (χ2v) is 4.80. The van der Waals surface area contributed by atoms with E-state index in [0.717, 1.165) is 16.6 Å². The number of esters is 1. The largest absolute Gasteiger partial charge is 0.497 e. The average molecular weight is 327 g/mol. The summed E-state index contributed by atoms with van der Waals surface area (Å²) in [6, 6.07) is 7.84. The molecule has 0 bridgehead atoms. The highest BCUT2D eigenvalue weighted by Crippen LogP contribution is 2.27. The molecule has 1 atom stereocenters. The summed E-state index contributed by atoms with van der Waals surface area (Å²) in [5.41, 5.74) is 1.64. The van der Waals surface area contributed by atoms with Gasteiger partial charge in [-0.25, -0.2) is 4.79 Å². The van der Waals surface area contributed by atoms with E-state index < -0.39 is 0 Å². The highest BCUT2D eigenvalue weighted by atomic mass is 79.9. The second kappa shape index (κ2) is 8.00. The van der Waals surface area contributed by atoms with E-state index in [-0.39, 0.29) is 11.9 Å². The Morgan fingerprint density at radius 1 is 1.37 bits per heavy atom. The maximum Gasteiger partial charge on any atom is 0.333 e. The summed E-state index contributed by atoms with van der Waals surface area (Å²) < 4.78 is 10.1. The van der Waals surface area contributed by atoms with Gasteiger partial charge in [-0.05, 0) is 37.0 Å². The first-order chi connectivity index (χ1) is 9.12. The molecule has 0 aliphatic carbocycles. The van der Waals surface area contributed by atoms with Crippen molar-refractivity contribution in [1.29, 1.82) is 0 Å². The minimum atomic E-state index is -0.318. The van der Waals surface area contributed by atoms with Crippen molar-refractivity contribution in [2.45, 2.75) is 19.3 Å². The van der Waals surface area contributed by atoms with E-state index in [1.165, 1.54) is 0 Å². The maximum atomic E-state index is 11.6. The Morgan fingerprint density at radius 3 is 2.47 bits per heavy atom. The van der Waals surface area contributed by atoms with Crippen LogP contribution >= 0.6 is 15.9 Å². The van der Waals surface area contributed by atoms with Crippen molar-refractivity contribution in [2.75, 3.05) is 19.0 Å². The molecule has 0 amide bonds. The number of methoxy groups -OCH3 is 1. The Kier molecular flexibility index (Phi) is 6.64. The van der Waals surface area contributed by atoms with Crippen LogP contribution in [0.1, 0.15) is 24.8 Å². The first-order valence-corrected chi connectivity index (χ1v) is 7.29. The Morgan fingerprint density at radius 2 is 2.00 bits per heavy atom. The van der Waals surface area contributed by atoms with Gasteiger partial charge in [-0.2, -0.15) is 0 Å². The van der Waals surface area contributed by atoms with Crippen molar-refractivity contribution in [3.63, 3.8) is 0 Å². The van der Waals surface area contributed by atoms with Gasteiger partial charge in [-0.3, -0.25) is 0 Å². The molecule has 1 aromatic rings. The molecule has 4 heteroatoms. The SMILES string of the molecule is C=C(CC(CBr)c1ccc(OC)cc1)C(=O)OCC. The molecular formula is C15H19BrO3. The fourth-order valence-corrected chi connectivity index (χ4v) is 2.35. The third-order valence-corrected chi connectivity index (χ3v) is 3.61. The summed E-state index contributed by atoms with van der Waals surface area (Å²) in [5, 5.41) is 0.762. The molecule has 3 nitrogen and oxygen atoms in total. The molecule has 0 fully saturated rings. The number of benzene rings is 1. The molecule has 0 radical (unpaired) electrons. The molecular weight excluding hydrogens is 308 g/mol. The predicted octanol–water partition coefficient (Wildman–Crippen LogP) is 3.68. The second-order valence-electron chi connectivity index (χ2n) is 4.15. The lowest BCUT2D eigenvalue weighted by atomic mass is 9.94. The van der Waals surface area contributed by atoms with Gasteiger partial charge < -0.3 is 9.47 Å². The van der Waals surface area contributed by atoms with Gasteiger partial charge >= 0.3 is 5.97 Å². The number of ether oxygens (including phenoxy) is 2. The number of rotatable bonds is 7. The van der Waals surface area contributed by atoms with E-state index in [1.807, 2.05) is 24.3 Å². The molecule has 1 rings (SSSR count). The molecule has 1 aromatic carbocycles. The van der Waals surface area contributed by atoms with Gasteiger partial charge in [0, 0.05) is 10.9 Å². The molecule has 0 aromatic heterocycles. The summed E-state index contributed by atoms with van der Waals surface area (Å²) in [6.07, 6.45) is 0.580. The van der Waals surface area contributed by atoms with Crippen molar-refractivity contribution in [1.82, 2.24) is 0 Å². The third-order valence-electron chi connectivity index (χ3n) is 2.83. The van der Waals surface area contributed by atoms with Crippen LogP contribution in [0, 0.1) is 0 Å². The topological polar surface area (TPSA) is 35.5 Å². The van der Waals surface area contributed by atoms with Crippen molar-refractivity contribution < 1.29 is 14.3 Å². The zero-order chi connectivity index (χ0) is 14.3. The van der Waals surface area contributed by atoms with E-state index in [1.54, 1.807) is 14.0 Å².